The van der Waals surface area contributed by atoms with Gasteiger partial charge in [-0.05, 0) is 118 Å². The first-order valence-corrected chi connectivity index (χ1v) is 14.5. The topological polar surface area (TPSA) is 82.8 Å². The summed E-state index contributed by atoms with van der Waals surface area (Å²) in [5.41, 5.74) is 0.146. The Kier molecular flexibility index (Phi) is 5.95. The summed E-state index contributed by atoms with van der Waals surface area (Å²) in [5, 5.41) is 15.8. The van der Waals surface area contributed by atoms with Crippen LogP contribution in [0.15, 0.2) is 27.6 Å². The minimum atomic E-state index is -0.664. The average Bonchev–Trinajstić information content (AvgIpc) is 3.50. The molecule has 0 bridgehead atoms. The van der Waals surface area contributed by atoms with E-state index in [0.29, 0.717) is 23.8 Å². The number of rotatable bonds is 3. The lowest BCUT2D eigenvalue weighted by Crippen LogP contribution is -2.62. The molecule has 1 unspecified atom stereocenters. The lowest BCUT2D eigenvalue weighted by atomic mass is 9.43. The molecule has 1 aromatic heterocycles. The van der Waals surface area contributed by atoms with Gasteiger partial charge >= 0.3 is 5.63 Å². The van der Waals surface area contributed by atoms with Crippen molar-refractivity contribution >= 4 is 5.91 Å². The van der Waals surface area contributed by atoms with Crippen molar-refractivity contribution in [2.75, 3.05) is 13.6 Å². The van der Waals surface area contributed by atoms with Crippen molar-refractivity contribution in [1.82, 2.24) is 10.2 Å². The molecule has 1 aliphatic heterocycles. The fraction of sp³-hybridized carbons (Fsp3) is 0.800. The molecule has 0 aromatic carbocycles. The second-order valence-corrected chi connectivity index (χ2v) is 13.4. The van der Waals surface area contributed by atoms with E-state index < -0.39 is 5.60 Å². The van der Waals surface area contributed by atoms with Gasteiger partial charge in [0.05, 0.1) is 17.9 Å². The number of hydrogen-bond acceptors (Lipinski definition) is 5. The molecule has 198 valence electrons. The van der Waals surface area contributed by atoms with Crippen molar-refractivity contribution < 1.29 is 14.3 Å². The number of fused-ring (bicyclic) bond motifs is 5. The number of nitrogens with zero attached hydrogens (tertiary/aromatic N) is 1. The molecule has 2 heterocycles. The quantitative estimate of drug-likeness (QED) is 0.646. The monoisotopic (exact) mass is 496 g/mol. The summed E-state index contributed by atoms with van der Waals surface area (Å²) in [6.45, 7) is 5.77. The van der Waals surface area contributed by atoms with Crippen LogP contribution in [0, 0.1) is 28.6 Å². The molecule has 36 heavy (non-hydrogen) atoms. The lowest BCUT2D eigenvalue weighted by molar-refractivity contribution is -0.203. The molecule has 1 amide bonds. The molecule has 6 heteroatoms. The van der Waals surface area contributed by atoms with Crippen LogP contribution in [0.5, 0.6) is 0 Å². The van der Waals surface area contributed by atoms with E-state index in [0.717, 1.165) is 82.7 Å². The van der Waals surface area contributed by atoms with Gasteiger partial charge in [0, 0.05) is 24.6 Å². The minimum Gasteiger partial charge on any atom is -0.431 e. The fourth-order valence-corrected chi connectivity index (χ4v) is 9.98. The smallest absolute Gasteiger partial charge is 0.335 e. The van der Waals surface area contributed by atoms with E-state index in [-0.39, 0.29) is 34.3 Å². The molecule has 6 rings (SSSR count). The highest BCUT2D eigenvalue weighted by atomic mass is 16.4. The average molecular weight is 497 g/mol. The first-order valence-electron chi connectivity index (χ1n) is 14.5. The molecule has 4 aliphatic carbocycles. The summed E-state index contributed by atoms with van der Waals surface area (Å²) in [5.74, 6) is 2.01. The Labute approximate surface area is 215 Å². The largest absolute Gasteiger partial charge is 0.431 e. The van der Waals surface area contributed by atoms with Crippen molar-refractivity contribution in [2.24, 2.45) is 28.6 Å². The predicted molar refractivity (Wildman–Crippen MR) is 138 cm³/mol. The SMILES string of the molecule is CN(C(=O)C1CCCN1)[C@H]1CC[C@@]2(C)[C@H](CC[C@@H]3[C@@H]2CC[C@]2(C)[C@@H](c4ccc(=O)oc4)CC[C@]32O)C1. The van der Waals surface area contributed by atoms with E-state index >= 15 is 0 Å². The van der Waals surface area contributed by atoms with Gasteiger partial charge in [-0.1, -0.05) is 13.8 Å². The maximum atomic E-state index is 13.1. The van der Waals surface area contributed by atoms with Crippen LogP contribution in [0.25, 0.3) is 0 Å². The zero-order valence-electron chi connectivity index (χ0n) is 22.3. The number of carbonyl (C=O) groups is 1. The third kappa shape index (κ3) is 3.49. The van der Waals surface area contributed by atoms with E-state index in [4.69, 9.17) is 4.42 Å². The lowest BCUT2D eigenvalue weighted by Gasteiger charge is -2.64. The summed E-state index contributed by atoms with van der Waals surface area (Å²) < 4.78 is 5.23. The van der Waals surface area contributed by atoms with Crippen molar-refractivity contribution in [2.45, 2.75) is 108 Å². The Balaban J connectivity index is 1.20. The standard InChI is InChI=1S/C30H44N2O4/c1-28-13-10-21(32(3)27(34)25-5-4-16-31-25)17-20(28)7-8-24-23(28)11-14-29(2)22(12-15-30(24,29)35)19-6-9-26(33)36-18-19/h6,9,18,20-25,31,35H,4-5,7-8,10-17H2,1-3H3/t20-,21+,22-,23+,24-,25?,28+,29-,30+/m1/s1. The van der Waals surface area contributed by atoms with Crippen LogP contribution in [-0.2, 0) is 4.79 Å². The first kappa shape index (κ1) is 24.7. The summed E-state index contributed by atoms with van der Waals surface area (Å²) in [4.78, 5) is 26.7. The number of carbonyl (C=O) groups excluding carboxylic acids is 1. The minimum absolute atomic E-state index is 0.0114. The van der Waals surface area contributed by atoms with Gasteiger partial charge in [-0.25, -0.2) is 4.79 Å². The number of aliphatic hydroxyl groups is 1. The van der Waals surface area contributed by atoms with Crippen LogP contribution >= 0.6 is 0 Å². The van der Waals surface area contributed by atoms with E-state index in [1.54, 1.807) is 6.26 Å². The van der Waals surface area contributed by atoms with Crippen LogP contribution in [0.4, 0.5) is 0 Å². The van der Waals surface area contributed by atoms with Gasteiger partial charge in [0.15, 0.2) is 0 Å². The Bertz CT molecular complexity index is 1040. The van der Waals surface area contributed by atoms with Crippen LogP contribution < -0.4 is 10.9 Å². The zero-order chi connectivity index (χ0) is 25.3. The van der Waals surface area contributed by atoms with E-state index in [2.05, 4.69) is 24.1 Å². The van der Waals surface area contributed by atoms with Crippen LogP contribution in [-0.4, -0.2) is 47.2 Å². The molecular weight excluding hydrogens is 452 g/mol. The van der Waals surface area contributed by atoms with Crippen molar-refractivity contribution in [3.05, 3.63) is 34.4 Å². The molecule has 0 spiro atoms. The van der Waals surface area contributed by atoms with Gasteiger partial charge in [0.2, 0.25) is 5.91 Å². The Morgan fingerprint density at radius 2 is 1.89 bits per heavy atom. The highest BCUT2D eigenvalue weighted by molar-refractivity contribution is 5.82. The number of amides is 1. The fourth-order valence-electron chi connectivity index (χ4n) is 9.98. The number of likely N-dealkylation sites (N-methyl/N-ethyl adjacent to an activating group) is 1. The molecule has 4 saturated carbocycles. The summed E-state index contributed by atoms with van der Waals surface area (Å²) in [7, 11) is 2.03. The highest BCUT2D eigenvalue weighted by Gasteiger charge is 2.67. The second-order valence-electron chi connectivity index (χ2n) is 13.4. The van der Waals surface area contributed by atoms with Gasteiger partial charge in [0.1, 0.15) is 0 Å². The maximum absolute atomic E-state index is 13.1. The van der Waals surface area contributed by atoms with Crippen LogP contribution in [0.1, 0.15) is 96.0 Å². The number of hydrogen-bond donors (Lipinski definition) is 2. The first-order chi connectivity index (χ1) is 17.2. The van der Waals surface area contributed by atoms with E-state index in [9.17, 15) is 14.7 Å². The van der Waals surface area contributed by atoms with Crippen LogP contribution in [0.2, 0.25) is 0 Å². The van der Waals surface area contributed by atoms with Gasteiger partial charge < -0.3 is 19.7 Å². The summed E-state index contributed by atoms with van der Waals surface area (Å²) in [6, 6.07) is 3.79. The number of nitrogens with one attached hydrogen (secondary N) is 1. The van der Waals surface area contributed by atoms with Crippen molar-refractivity contribution in [3.8, 4) is 0 Å². The van der Waals surface area contributed by atoms with Gasteiger partial charge in [0.25, 0.3) is 0 Å². The Morgan fingerprint density at radius 3 is 2.61 bits per heavy atom. The van der Waals surface area contributed by atoms with E-state index in [1.165, 1.54) is 6.07 Å². The maximum Gasteiger partial charge on any atom is 0.335 e. The zero-order valence-corrected chi connectivity index (χ0v) is 22.3. The van der Waals surface area contributed by atoms with Gasteiger partial charge in [-0.3, -0.25) is 4.79 Å². The van der Waals surface area contributed by atoms with Gasteiger partial charge in [-0.15, -0.1) is 0 Å². The Hall–Kier alpha value is -1.66. The highest BCUT2D eigenvalue weighted by Crippen LogP contribution is 2.70. The molecular formula is C30H44N2O4. The Morgan fingerprint density at radius 1 is 1.06 bits per heavy atom. The van der Waals surface area contributed by atoms with Crippen molar-refractivity contribution in [3.63, 3.8) is 0 Å². The molecule has 1 aromatic rings. The third-order valence-electron chi connectivity index (χ3n) is 12.2. The van der Waals surface area contributed by atoms with Crippen LogP contribution in [0.3, 0.4) is 0 Å². The van der Waals surface area contributed by atoms with Crippen molar-refractivity contribution in [1.29, 1.82) is 0 Å². The second kappa shape index (κ2) is 8.69. The molecule has 1 saturated heterocycles. The predicted octanol–water partition coefficient (Wildman–Crippen LogP) is 4.46. The molecule has 9 atom stereocenters. The molecule has 0 radical (unpaired) electrons. The van der Waals surface area contributed by atoms with Gasteiger partial charge in [-0.2, -0.15) is 0 Å². The molecule has 2 N–H and O–H groups in total. The molecule has 6 nitrogen and oxygen atoms in total. The molecule has 5 aliphatic rings. The normalized spacial score (nSPS) is 46.0. The summed E-state index contributed by atoms with van der Waals surface area (Å²) >= 11 is 0. The summed E-state index contributed by atoms with van der Waals surface area (Å²) in [6.07, 6.45) is 13.2. The van der Waals surface area contributed by atoms with E-state index in [1.807, 2.05) is 13.1 Å². The third-order valence-corrected chi connectivity index (χ3v) is 12.2. The molecule has 5 fully saturated rings.